The maximum absolute atomic E-state index is 12.8. The van der Waals surface area contributed by atoms with Crippen LogP contribution in [0.1, 0.15) is 18.7 Å². The van der Waals surface area contributed by atoms with Crippen LogP contribution >= 0.6 is 0 Å². The van der Waals surface area contributed by atoms with Crippen molar-refractivity contribution >= 4 is 27.6 Å². The largest absolute Gasteiger partial charge is 0.425 e. The Balaban J connectivity index is 1.82. The molecule has 0 aliphatic heterocycles. The summed E-state index contributed by atoms with van der Waals surface area (Å²) in [6.45, 7) is 1.98. The molecule has 29 heavy (non-hydrogen) atoms. The molecule has 0 amide bonds. The molecule has 2 aromatic carbocycles. The van der Waals surface area contributed by atoms with Crippen molar-refractivity contribution < 1.29 is 4.42 Å². The normalized spacial score (nSPS) is 12.4. The molecule has 142 valence electrons. The number of nitrogen functional groups attached to an aromatic ring is 1. The van der Waals surface area contributed by atoms with Crippen LogP contribution in [0.4, 0.5) is 5.82 Å². The molecule has 0 aliphatic carbocycles. The first-order chi connectivity index (χ1) is 14.1. The topological polar surface area (TPSA) is 86.9 Å². The van der Waals surface area contributed by atoms with Gasteiger partial charge >= 0.3 is 5.63 Å². The Labute approximate surface area is 166 Å². The van der Waals surface area contributed by atoms with Gasteiger partial charge in [-0.05, 0) is 24.6 Å². The van der Waals surface area contributed by atoms with Crippen molar-refractivity contribution in [2.75, 3.05) is 5.73 Å². The molecule has 0 spiro atoms. The summed E-state index contributed by atoms with van der Waals surface area (Å²) >= 11 is 0. The van der Waals surface area contributed by atoms with Gasteiger partial charge in [0, 0.05) is 17.1 Å². The molecule has 6 heteroatoms. The second kappa shape index (κ2) is 6.60. The van der Waals surface area contributed by atoms with Crippen molar-refractivity contribution in [1.29, 1.82) is 0 Å². The Morgan fingerprint density at radius 3 is 2.45 bits per heavy atom. The minimum atomic E-state index is -0.354. The highest BCUT2D eigenvalue weighted by Gasteiger charge is 2.23. The SMILES string of the molecule is CC(c1oc(=O)c2ccccc2c1-c1ccccc1)n1ccc2c(N)ncnc21. The van der Waals surface area contributed by atoms with Crippen molar-refractivity contribution in [3.63, 3.8) is 0 Å². The Morgan fingerprint density at radius 1 is 0.931 bits per heavy atom. The number of fused-ring (bicyclic) bond motifs is 2. The molecule has 0 saturated heterocycles. The molecule has 1 unspecified atom stereocenters. The van der Waals surface area contributed by atoms with Gasteiger partial charge < -0.3 is 14.7 Å². The standard InChI is InChI=1S/C23H18N4O2/c1-14(27-12-11-18-21(24)25-13-26-22(18)27)20-19(15-7-3-2-4-8-15)16-9-5-6-10-17(16)23(28)29-20/h2-14H,1H3,(H2,24,25,26). The van der Waals surface area contributed by atoms with E-state index in [4.69, 9.17) is 10.2 Å². The Bertz CT molecular complexity index is 1400. The monoisotopic (exact) mass is 382 g/mol. The second-order valence-corrected chi connectivity index (χ2v) is 6.94. The van der Waals surface area contributed by atoms with Gasteiger partial charge in [0.15, 0.2) is 0 Å². The molecule has 0 aliphatic rings. The number of nitrogens with two attached hydrogens (primary N) is 1. The number of anilines is 1. The zero-order valence-electron chi connectivity index (χ0n) is 15.7. The molecular formula is C23H18N4O2. The number of hydrogen-bond acceptors (Lipinski definition) is 5. The molecule has 2 N–H and O–H groups in total. The van der Waals surface area contributed by atoms with Crippen molar-refractivity contribution in [2.24, 2.45) is 0 Å². The lowest BCUT2D eigenvalue weighted by Gasteiger charge is -2.19. The highest BCUT2D eigenvalue weighted by Crippen LogP contribution is 2.36. The van der Waals surface area contributed by atoms with Gasteiger partial charge in [-0.3, -0.25) is 0 Å². The van der Waals surface area contributed by atoms with Crippen molar-refractivity contribution in [2.45, 2.75) is 13.0 Å². The number of aromatic nitrogens is 3. The Morgan fingerprint density at radius 2 is 1.66 bits per heavy atom. The number of rotatable bonds is 3. The summed E-state index contributed by atoms with van der Waals surface area (Å²) in [6.07, 6.45) is 3.33. The lowest BCUT2D eigenvalue weighted by molar-refractivity contribution is 0.421. The summed E-state index contributed by atoms with van der Waals surface area (Å²) in [7, 11) is 0. The lowest BCUT2D eigenvalue weighted by atomic mass is 9.96. The minimum Gasteiger partial charge on any atom is -0.425 e. The molecule has 0 radical (unpaired) electrons. The van der Waals surface area contributed by atoms with Crippen LogP contribution in [0.25, 0.3) is 32.9 Å². The molecule has 3 aromatic heterocycles. The molecule has 0 saturated carbocycles. The van der Waals surface area contributed by atoms with Gasteiger partial charge in [0.1, 0.15) is 23.6 Å². The smallest absolute Gasteiger partial charge is 0.343 e. The zero-order valence-corrected chi connectivity index (χ0v) is 15.7. The molecule has 0 fully saturated rings. The van der Waals surface area contributed by atoms with E-state index in [-0.39, 0.29) is 11.7 Å². The fourth-order valence-electron chi connectivity index (χ4n) is 3.84. The van der Waals surface area contributed by atoms with Crippen LogP contribution in [0.5, 0.6) is 0 Å². The number of hydrogen-bond donors (Lipinski definition) is 1. The fraction of sp³-hybridized carbons (Fsp3) is 0.0870. The minimum absolute atomic E-state index is 0.283. The summed E-state index contributed by atoms with van der Waals surface area (Å²) in [5.74, 6) is 0.999. The van der Waals surface area contributed by atoms with E-state index >= 15 is 0 Å². The average molecular weight is 382 g/mol. The van der Waals surface area contributed by atoms with Crippen molar-refractivity contribution in [3.8, 4) is 11.1 Å². The first-order valence-corrected chi connectivity index (χ1v) is 9.33. The van der Waals surface area contributed by atoms with Gasteiger partial charge in [-0.2, -0.15) is 0 Å². The summed E-state index contributed by atoms with van der Waals surface area (Å²) < 4.78 is 7.84. The van der Waals surface area contributed by atoms with Crippen LogP contribution in [-0.4, -0.2) is 14.5 Å². The average Bonchev–Trinajstić information content (AvgIpc) is 3.19. The lowest BCUT2D eigenvalue weighted by Crippen LogP contribution is -2.13. The summed E-state index contributed by atoms with van der Waals surface area (Å²) in [5.41, 5.74) is 8.22. The first-order valence-electron chi connectivity index (χ1n) is 9.33. The molecular weight excluding hydrogens is 364 g/mol. The van der Waals surface area contributed by atoms with Crippen LogP contribution in [0, 0.1) is 0 Å². The second-order valence-electron chi connectivity index (χ2n) is 6.94. The summed E-state index contributed by atoms with van der Waals surface area (Å²) in [5, 5.41) is 2.19. The molecule has 5 aromatic rings. The van der Waals surface area contributed by atoms with Gasteiger partial charge in [0.2, 0.25) is 0 Å². The first kappa shape index (κ1) is 17.2. The predicted molar refractivity (Wildman–Crippen MR) is 114 cm³/mol. The van der Waals surface area contributed by atoms with Crippen LogP contribution in [0.2, 0.25) is 0 Å². The van der Waals surface area contributed by atoms with Crippen LogP contribution in [0.15, 0.2) is 82.4 Å². The quantitative estimate of drug-likeness (QED) is 0.500. The van der Waals surface area contributed by atoms with E-state index < -0.39 is 0 Å². The van der Waals surface area contributed by atoms with Crippen LogP contribution < -0.4 is 11.4 Å². The molecule has 3 heterocycles. The van der Waals surface area contributed by atoms with E-state index in [0.29, 0.717) is 22.6 Å². The van der Waals surface area contributed by atoms with Gasteiger partial charge in [0.05, 0.1) is 16.8 Å². The summed E-state index contributed by atoms with van der Waals surface area (Å²) in [6, 6.07) is 19.1. The van der Waals surface area contributed by atoms with Crippen LogP contribution in [-0.2, 0) is 0 Å². The highest BCUT2D eigenvalue weighted by atomic mass is 16.4. The van der Waals surface area contributed by atoms with E-state index in [1.807, 2.05) is 72.3 Å². The molecule has 0 bridgehead atoms. The summed E-state index contributed by atoms with van der Waals surface area (Å²) in [4.78, 5) is 21.2. The van der Waals surface area contributed by atoms with Gasteiger partial charge in [-0.25, -0.2) is 14.8 Å². The third-order valence-corrected chi connectivity index (χ3v) is 5.26. The number of benzene rings is 2. The molecule has 1 atom stereocenters. The third kappa shape index (κ3) is 2.69. The maximum Gasteiger partial charge on any atom is 0.343 e. The fourth-order valence-corrected chi connectivity index (χ4v) is 3.84. The maximum atomic E-state index is 12.8. The molecule has 6 nitrogen and oxygen atoms in total. The van der Waals surface area contributed by atoms with Gasteiger partial charge in [0.25, 0.3) is 0 Å². The van der Waals surface area contributed by atoms with E-state index in [0.717, 1.165) is 21.9 Å². The Kier molecular flexibility index (Phi) is 3.91. The van der Waals surface area contributed by atoms with Gasteiger partial charge in [-0.1, -0.05) is 48.5 Å². The Hall–Kier alpha value is -3.93. The van der Waals surface area contributed by atoms with Crippen molar-refractivity contribution in [1.82, 2.24) is 14.5 Å². The van der Waals surface area contributed by atoms with Crippen LogP contribution in [0.3, 0.4) is 0 Å². The van der Waals surface area contributed by atoms with E-state index in [1.54, 1.807) is 6.07 Å². The number of nitrogens with zero attached hydrogens (tertiary/aromatic N) is 3. The predicted octanol–water partition coefficient (Wildman–Crippen LogP) is 4.40. The van der Waals surface area contributed by atoms with E-state index in [2.05, 4.69) is 9.97 Å². The zero-order chi connectivity index (χ0) is 20.0. The van der Waals surface area contributed by atoms with Crippen molar-refractivity contribution in [3.05, 3.63) is 89.4 Å². The van der Waals surface area contributed by atoms with E-state index in [9.17, 15) is 4.79 Å². The van der Waals surface area contributed by atoms with Gasteiger partial charge in [-0.15, -0.1) is 0 Å². The highest BCUT2D eigenvalue weighted by molar-refractivity contribution is 5.97. The van der Waals surface area contributed by atoms with E-state index in [1.165, 1.54) is 6.33 Å². The molecule has 5 rings (SSSR count). The third-order valence-electron chi connectivity index (χ3n) is 5.26.